The van der Waals surface area contributed by atoms with Gasteiger partial charge in [0.05, 0.1) is 19.3 Å². The van der Waals surface area contributed by atoms with Gasteiger partial charge >= 0.3 is 6.09 Å². The molecule has 0 aromatic carbocycles. The number of pyridine rings is 1. The molecule has 0 spiro atoms. The first-order chi connectivity index (χ1) is 14.7. The summed E-state index contributed by atoms with van der Waals surface area (Å²) in [6.45, 7) is 2.32. The summed E-state index contributed by atoms with van der Waals surface area (Å²) in [4.78, 5) is 18.0. The Balaban J connectivity index is 1.63. The fourth-order valence-electron chi connectivity index (χ4n) is 4.23. The van der Waals surface area contributed by atoms with Crippen LogP contribution in [0.2, 0.25) is 0 Å². The predicted octanol–water partition coefficient (Wildman–Crippen LogP) is 3.23. The van der Waals surface area contributed by atoms with Crippen LogP contribution >= 0.6 is 0 Å². The van der Waals surface area contributed by atoms with Crippen LogP contribution in [0, 0.1) is 6.92 Å². The Morgan fingerprint density at radius 1 is 1.29 bits per heavy atom. The number of methoxy groups -OCH3 is 1. The summed E-state index contributed by atoms with van der Waals surface area (Å²) in [5.41, 5.74) is 0.123. The number of aryl methyl sites for hydroxylation is 1. The van der Waals surface area contributed by atoms with Gasteiger partial charge < -0.3 is 20.1 Å². The van der Waals surface area contributed by atoms with Crippen LogP contribution in [0.1, 0.15) is 43.4 Å². The molecule has 1 saturated carbocycles. The molecule has 1 atom stereocenters. The van der Waals surface area contributed by atoms with Gasteiger partial charge in [0.2, 0.25) is 5.92 Å². The number of nitrogens with zero attached hydrogens (tertiary/aromatic N) is 4. The Bertz CT molecular complexity index is 956. The van der Waals surface area contributed by atoms with E-state index in [1.54, 1.807) is 23.0 Å². The van der Waals surface area contributed by atoms with E-state index >= 15 is 0 Å². The molecule has 168 valence electrons. The van der Waals surface area contributed by atoms with Gasteiger partial charge in [0.1, 0.15) is 11.4 Å². The second-order valence-corrected chi connectivity index (χ2v) is 8.45. The van der Waals surface area contributed by atoms with Crippen LogP contribution in [-0.2, 0) is 10.3 Å². The molecule has 10 heteroatoms. The van der Waals surface area contributed by atoms with Crippen molar-refractivity contribution in [2.75, 3.05) is 25.5 Å². The minimum atomic E-state index is -2.61. The topological polar surface area (TPSA) is 92.5 Å². The maximum Gasteiger partial charge on any atom is 0.409 e. The van der Waals surface area contributed by atoms with Gasteiger partial charge in [-0.25, -0.2) is 23.2 Å². The first-order valence-electron chi connectivity index (χ1n) is 10.4. The molecule has 1 saturated heterocycles. The van der Waals surface area contributed by atoms with E-state index in [0.717, 1.165) is 5.69 Å². The third-order valence-corrected chi connectivity index (χ3v) is 6.06. The molecule has 0 radical (unpaired) electrons. The molecule has 1 aliphatic carbocycles. The number of rotatable bonds is 4. The average Bonchev–Trinajstić information content (AvgIpc) is 3.36. The van der Waals surface area contributed by atoms with Crippen molar-refractivity contribution in [1.82, 2.24) is 19.7 Å². The zero-order chi connectivity index (χ0) is 22.2. The highest BCUT2D eigenvalue weighted by Gasteiger charge is 2.41. The molecular weight excluding hydrogens is 408 g/mol. The SMILES string of the molecule is COC(=O)N1CCC(O)(c2cc(NC3CCC(F)(F)CC3)nc(-n3ccc(C)n3)c2)C1. The quantitative estimate of drug-likeness (QED) is 0.766. The van der Waals surface area contributed by atoms with Crippen LogP contribution < -0.4 is 5.32 Å². The van der Waals surface area contributed by atoms with Crippen LogP contribution in [-0.4, -0.2) is 63.0 Å². The molecule has 2 aromatic rings. The summed E-state index contributed by atoms with van der Waals surface area (Å²) in [6.07, 6.45) is 1.99. The number of hydrogen-bond acceptors (Lipinski definition) is 6. The largest absolute Gasteiger partial charge is 0.453 e. The maximum absolute atomic E-state index is 13.5. The first kappa shape index (κ1) is 21.5. The molecule has 2 aliphatic rings. The zero-order valence-electron chi connectivity index (χ0n) is 17.6. The lowest BCUT2D eigenvalue weighted by atomic mass is 9.91. The van der Waals surface area contributed by atoms with E-state index in [2.05, 4.69) is 15.4 Å². The third-order valence-electron chi connectivity index (χ3n) is 6.06. The van der Waals surface area contributed by atoms with Gasteiger partial charge in [0.25, 0.3) is 0 Å². The molecule has 2 aromatic heterocycles. The van der Waals surface area contributed by atoms with Crippen molar-refractivity contribution in [2.45, 2.75) is 56.6 Å². The van der Waals surface area contributed by atoms with E-state index in [9.17, 15) is 18.7 Å². The van der Waals surface area contributed by atoms with Gasteiger partial charge in [-0.15, -0.1) is 0 Å². The lowest BCUT2D eigenvalue weighted by Crippen LogP contribution is -2.35. The van der Waals surface area contributed by atoms with E-state index in [1.807, 2.05) is 13.0 Å². The Labute approximate surface area is 179 Å². The number of carbonyl (C=O) groups is 1. The minimum Gasteiger partial charge on any atom is -0.453 e. The number of amides is 1. The predicted molar refractivity (Wildman–Crippen MR) is 109 cm³/mol. The van der Waals surface area contributed by atoms with E-state index in [4.69, 9.17) is 4.74 Å². The van der Waals surface area contributed by atoms with Crippen LogP contribution in [0.25, 0.3) is 5.82 Å². The van der Waals surface area contributed by atoms with Gasteiger partial charge in [-0.2, -0.15) is 5.10 Å². The Morgan fingerprint density at radius 3 is 2.68 bits per heavy atom. The van der Waals surface area contributed by atoms with E-state index in [-0.39, 0.29) is 25.4 Å². The number of β-amino-alcohol motifs (C(OH)–C–C–N with tert-alkyl or cyclic N) is 1. The van der Waals surface area contributed by atoms with Crippen LogP contribution in [0.5, 0.6) is 0 Å². The summed E-state index contributed by atoms with van der Waals surface area (Å²) >= 11 is 0. The van der Waals surface area contributed by atoms with Gasteiger partial charge in [-0.1, -0.05) is 0 Å². The van der Waals surface area contributed by atoms with Gasteiger partial charge in [-0.3, -0.25) is 0 Å². The summed E-state index contributed by atoms with van der Waals surface area (Å²) in [7, 11) is 1.31. The Hall–Kier alpha value is -2.75. The lowest BCUT2D eigenvalue weighted by Gasteiger charge is -2.30. The molecule has 1 amide bonds. The highest BCUT2D eigenvalue weighted by atomic mass is 19.3. The van der Waals surface area contributed by atoms with Crippen molar-refractivity contribution in [2.24, 2.45) is 0 Å². The molecule has 3 heterocycles. The molecule has 0 bridgehead atoms. The standard InChI is InChI=1S/C21H27F2N5O3/c1-14-5-9-28(26-14)18-12-15(20(30)8-10-27(13-20)19(29)31-2)11-17(25-18)24-16-3-6-21(22,23)7-4-16/h5,9,11-12,16,30H,3-4,6-8,10,13H2,1-2H3,(H,24,25). The lowest BCUT2D eigenvalue weighted by molar-refractivity contribution is -0.0361. The number of aromatic nitrogens is 3. The number of carbonyl (C=O) groups excluding carboxylic acids is 1. The van der Waals surface area contributed by atoms with Crippen LogP contribution in [0.3, 0.4) is 0 Å². The molecule has 2 N–H and O–H groups in total. The van der Waals surface area contributed by atoms with Gasteiger partial charge in [0.15, 0.2) is 5.82 Å². The van der Waals surface area contributed by atoms with Crippen molar-refractivity contribution in [3.8, 4) is 5.82 Å². The van der Waals surface area contributed by atoms with Crippen molar-refractivity contribution in [3.63, 3.8) is 0 Å². The summed E-state index contributed by atoms with van der Waals surface area (Å²) in [5, 5.41) is 19.0. The van der Waals surface area contributed by atoms with Crippen molar-refractivity contribution >= 4 is 11.9 Å². The van der Waals surface area contributed by atoms with E-state index in [0.29, 0.717) is 43.0 Å². The second kappa shape index (κ2) is 8.07. The molecule has 4 rings (SSSR count). The highest BCUT2D eigenvalue weighted by molar-refractivity contribution is 5.68. The molecule has 1 unspecified atom stereocenters. The van der Waals surface area contributed by atoms with Gasteiger partial charge in [-0.05, 0) is 49.9 Å². The first-order valence-corrected chi connectivity index (χ1v) is 10.4. The number of hydrogen-bond donors (Lipinski definition) is 2. The molecule has 1 aliphatic heterocycles. The molecule has 2 fully saturated rings. The zero-order valence-corrected chi connectivity index (χ0v) is 17.6. The van der Waals surface area contributed by atoms with Crippen molar-refractivity contribution in [1.29, 1.82) is 0 Å². The van der Waals surface area contributed by atoms with Gasteiger partial charge in [0, 0.05) is 31.6 Å². The maximum atomic E-state index is 13.5. The van der Waals surface area contributed by atoms with E-state index < -0.39 is 17.6 Å². The third kappa shape index (κ3) is 4.63. The number of nitrogens with one attached hydrogen (secondary N) is 1. The normalized spacial score (nSPS) is 23.7. The fraction of sp³-hybridized carbons (Fsp3) is 0.571. The Morgan fingerprint density at radius 2 is 2.03 bits per heavy atom. The number of halogens is 2. The number of aliphatic hydroxyl groups is 1. The van der Waals surface area contributed by atoms with Crippen molar-refractivity contribution in [3.05, 3.63) is 35.7 Å². The second-order valence-electron chi connectivity index (χ2n) is 8.45. The fourth-order valence-corrected chi connectivity index (χ4v) is 4.23. The van der Waals surface area contributed by atoms with Crippen LogP contribution in [0.15, 0.2) is 24.4 Å². The van der Waals surface area contributed by atoms with Crippen molar-refractivity contribution < 1.29 is 23.4 Å². The summed E-state index contributed by atoms with van der Waals surface area (Å²) in [6, 6.07) is 5.19. The Kier molecular flexibility index (Phi) is 5.59. The number of likely N-dealkylation sites (tertiary alicyclic amines) is 1. The monoisotopic (exact) mass is 435 g/mol. The average molecular weight is 435 g/mol. The number of ether oxygens (including phenoxy) is 1. The molecule has 31 heavy (non-hydrogen) atoms. The summed E-state index contributed by atoms with van der Waals surface area (Å²) < 4.78 is 33.4. The highest BCUT2D eigenvalue weighted by Crippen LogP contribution is 2.36. The van der Waals surface area contributed by atoms with Crippen LogP contribution in [0.4, 0.5) is 19.4 Å². The van der Waals surface area contributed by atoms with E-state index in [1.165, 1.54) is 12.0 Å². The summed E-state index contributed by atoms with van der Waals surface area (Å²) in [5.74, 6) is -1.62. The number of anilines is 1. The smallest absolute Gasteiger partial charge is 0.409 e. The molecule has 8 nitrogen and oxygen atoms in total. The molecular formula is C21H27F2N5O3. The number of alkyl halides is 2. The minimum absolute atomic E-state index is 0.0936.